The monoisotopic (exact) mass is 168 g/mol. The summed E-state index contributed by atoms with van der Waals surface area (Å²) in [5.41, 5.74) is 0. The fraction of sp³-hybridized carbons (Fsp3) is 0.333. The third kappa shape index (κ3) is 3.35. The van der Waals surface area contributed by atoms with Crippen molar-refractivity contribution < 1.29 is 4.74 Å². The van der Waals surface area contributed by atoms with Crippen molar-refractivity contribution in [1.82, 2.24) is 0 Å². The molecule has 0 radical (unpaired) electrons. The van der Waals surface area contributed by atoms with Gasteiger partial charge < -0.3 is 4.74 Å². The van der Waals surface area contributed by atoms with Gasteiger partial charge in [-0.2, -0.15) is 0 Å². The maximum absolute atomic E-state index is 5.15. The Kier molecular flexibility index (Phi) is 3.94. The first-order chi connectivity index (χ1) is 5.43. The van der Waals surface area contributed by atoms with Crippen molar-refractivity contribution in [1.29, 1.82) is 0 Å². The average molecular weight is 168 g/mol. The summed E-state index contributed by atoms with van der Waals surface area (Å²) in [4.78, 5) is 1.28. The summed E-state index contributed by atoms with van der Waals surface area (Å²) in [6, 6.07) is 4.14. The van der Waals surface area contributed by atoms with Crippen LogP contribution in [0.5, 0.6) is 0 Å². The van der Waals surface area contributed by atoms with E-state index in [-0.39, 0.29) is 0 Å². The minimum Gasteiger partial charge on any atom is -0.378 e. The van der Waals surface area contributed by atoms with E-state index in [1.54, 1.807) is 11.3 Å². The molecule has 0 atom stereocenters. The Morgan fingerprint density at radius 1 is 1.64 bits per heavy atom. The molecule has 1 rings (SSSR count). The molecule has 1 heterocycles. The first-order valence-corrected chi connectivity index (χ1v) is 4.59. The summed E-state index contributed by atoms with van der Waals surface area (Å²) in [5.74, 6) is 0. The molecule has 0 saturated heterocycles. The van der Waals surface area contributed by atoms with Gasteiger partial charge in [0.2, 0.25) is 0 Å². The molecule has 0 bridgehead atoms. The summed E-state index contributed by atoms with van der Waals surface area (Å²) in [5, 5.41) is 2.07. The van der Waals surface area contributed by atoms with Gasteiger partial charge in [-0.05, 0) is 24.4 Å². The molecular weight excluding hydrogens is 156 g/mol. The van der Waals surface area contributed by atoms with E-state index in [0.29, 0.717) is 6.61 Å². The molecule has 0 N–H and O–H groups in total. The topological polar surface area (TPSA) is 9.23 Å². The maximum atomic E-state index is 5.15. The van der Waals surface area contributed by atoms with Crippen molar-refractivity contribution in [2.45, 2.75) is 6.92 Å². The van der Waals surface area contributed by atoms with Gasteiger partial charge in [-0.25, -0.2) is 0 Å². The quantitative estimate of drug-likeness (QED) is 0.628. The third-order valence-corrected chi connectivity index (χ3v) is 2.08. The Hall–Kier alpha value is -0.600. The molecule has 0 aliphatic heterocycles. The maximum Gasteiger partial charge on any atom is 0.0650 e. The van der Waals surface area contributed by atoms with Gasteiger partial charge in [0.15, 0.2) is 0 Å². The van der Waals surface area contributed by atoms with Crippen LogP contribution in [0, 0.1) is 0 Å². The highest BCUT2D eigenvalue weighted by Gasteiger charge is 1.83. The third-order valence-electron chi connectivity index (χ3n) is 1.24. The van der Waals surface area contributed by atoms with Crippen LogP contribution in [-0.4, -0.2) is 13.2 Å². The first-order valence-electron chi connectivity index (χ1n) is 3.71. The summed E-state index contributed by atoms with van der Waals surface area (Å²) in [6.45, 7) is 3.50. The first kappa shape index (κ1) is 8.50. The molecule has 1 nitrogen and oxygen atoms in total. The minimum atomic E-state index is 0.717. The second kappa shape index (κ2) is 5.10. The fourth-order valence-corrected chi connectivity index (χ4v) is 1.38. The summed E-state index contributed by atoms with van der Waals surface area (Å²) < 4.78 is 5.15. The number of rotatable bonds is 4. The molecule has 1 aromatic rings. The van der Waals surface area contributed by atoms with Crippen LogP contribution in [0.1, 0.15) is 11.8 Å². The van der Waals surface area contributed by atoms with E-state index in [0.717, 1.165) is 6.61 Å². The van der Waals surface area contributed by atoms with Crippen molar-refractivity contribution in [2.24, 2.45) is 0 Å². The van der Waals surface area contributed by atoms with Crippen molar-refractivity contribution in [2.75, 3.05) is 13.2 Å². The van der Waals surface area contributed by atoms with E-state index in [2.05, 4.69) is 17.5 Å². The van der Waals surface area contributed by atoms with Crippen LogP contribution in [0.4, 0.5) is 0 Å². The highest BCUT2D eigenvalue weighted by molar-refractivity contribution is 7.10. The SMILES string of the molecule is CCOC/C=C/c1cccs1. The van der Waals surface area contributed by atoms with Gasteiger partial charge in [0, 0.05) is 11.5 Å². The van der Waals surface area contributed by atoms with E-state index in [4.69, 9.17) is 4.74 Å². The molecule has 0 aromatic carbocycles. The van der Waals surface area contributed by atoms with E-state index >= 15 is 0 Å². The second-order valence-corrected chi connectivity index (χ2v) is 3.06. The van der Waals surface area contributed by atoms with Crippen LogP contribution < -0.4 is 0 Å². The molecule has 1 aromatic heterocycles. The molecule has 0 amide bonds. The van der Waals surface area contributed by atoms with Crippen LogP contribution in [0.25, 0.3) is 6.08 Å². The average Bonchev–Trinajstić information content (AvgIpc) is 2.50. The number of ether oxygens (including phenoxy) is 1. The van der Waals surface area contributed by atoms with Gasteiger partial charge in [-0.3, -0.25) is 0 Å². The van der Waals surface area contributed by atoms with Gasteiger partial charge >= 0.3 is 0 Å². The van der Waals surface area contributed by atoms with E-state index in [1.807, 2.05) is 19.1 Å². The van der Waals surface area contributed by atoms with Crippen molar-refractivity contribution in [3.05, 3.63) is 28.5 Å². The minimum absolute atomic E-state index is 0.717. The molecule has 0 fully saturated rings. The zero-order chi connectivity index (χ0) is 7.94. The largest absolute Gasteiger partial charge is 0.378 e. The lowest BCUT2D eigenvalue weighted by Gasteiger charge is -1.91. The Morgan fingerprint density at radius 2 is 2.55 bits per heavy atom. The Bertz CT molecular complexity index is 201. The fourth-order valence-electron chi connectivity index (χ4n) is 0.736. The number of hydrogen-bond acceptors (Lipinski definition) is 2. The molecule has 0 spiro atoms. The summed E-state index contributed by atoms with van der Waals surface area (Å²) in [6.07, 6.45) is 4.12. The van der Waals surface area contributed by atoms with Gasteiger partial charge in [0.1, 0.15) is 0 Å². The second-order valence-electron chi connectivity index (χ2n) is 2.08. The molecule has 2 heteroatoms. The van der Waals surface area contributed by atoms with Gasteiger partial charge in [-0.15, -0.1) is 11.3 Å². The Morgan fingerprint density at radius 3 is 3.18 bits per heavy atom. The van der Waals surface area contributed by atoms with Crippen molar-refractivity contribution in [3.8, 4) is 0 Å². The van der Waals surface area contributed by atoms with Gasteiger partial charge in [0.25, 0.3) is 0 Å². The lowest BCUT2D eigenvalue weighted by Crippen LogP contribution is -1.87. The molecule has 0 unspecified atom stereocenters. The number of hydrogen-bond donors (Lipinski definition) is 0. The Labute approximate surface area is 71.3 Å². The van der Waals surface area contributed by atoms with Crippen molar-refractivity contribution >= 4 is 17.4 Å². The molecule has 0 saturated carbocycles. The van der Waals surface area contributed by atoms with Crippen LogP contribution in [-0.2, 0) is 4.74 Å². The standard InChI is InChI=1S/C9H12OS/c1-2-10-7-3-5-9-6-4-8-11-9/h3-6,8H,2,7H2,1H3/b5-3+. The van der Waals surface area contributed by atoms with Crippen LogP contribution in [0.3, 0.4) is 0 Å². The van der Waals surface area contributed by atoms with Crippen molar-refractivity contribution in [3.63, 3.8) is 0 Å². The number of thiophene rings is 1. The van der Waals surface area contributed by atoms with E-state index < -0.39 is 0 Å². The smallest absolute Gasteiger partial charge is 0.0650 e. The zero-order valence-corrected chi connectivity index (χ0v) is 7.43. The highest BCUT2D eigenvalue weighted by atomic mass is 32.1. The van der Waals surface area contributed by atoms with Crippen LogP contribution in [0.15, 0.2) is 23.6 Å². The van der Waals surface area contributed by atoms with E-state index in [1.165, 1.54) is 4.88 Å². The highest BCUT2D eigenvalue weighted by Crippen LogP contribution is 2.09. The normalized spacial score (nSPS) is 11.0. The summed E-state index contributed by atoms with van der Waals surface area (Å²) >= 11 is 1.74. The van der Waals surface area contributed by atoms with E-state index in [9.17, 15) is 0 Å². The molecule has 0 aliphatic rings. The predicted octanol–water partition coefficient (Wildman–Crippen LogP) is 2.80. The molecule has 60 valence electrons. The lowest BCUT2D eigenvalue weighted by atomic mass is 10.4. The molecule has 11 heavy (non-hydrogen) atoms. The lowest BCUT2D eigenvalue weighted by molar-refractivity contribution is 0.178. The van der Waals surface area contributed by atoms with Crippen LogP contribution in [0.2, 0.25) is 0 Å². The zero-order valence-electron chi connectivity index (χ0n) is 6.62. The van der Waals surface area contributed by atoms with Crippen LogP contribution >= 0.6 is 11.3 Å². The van der Waals surface area contributed by atoms with Gasteiger partial charge in [-0.1, -0.05) is 12.1 Å². The summed E-state index contributed by atoms with van der Waals surface area (Å²) in [7, 11) is 0. The molecular formula is C9H12OS. The molecule has 0 aliphatic carbocycles. The van der Waals surface area contributed by atoms with Gasteiger partial charge in [0.05, 0.1) is 6.61 Å². The predicted molar refractivity (Wildman–Crippen MR) is 49.8 cm³/mol. The Balaban J connectivity index is 2.25.